The normalized spacial score (nSPS) is 19.8. The van der Waals surface area contributed by atoms with Crippen molar-refractivity contribution in [3.63, 3.8) is 0 Å². The molecule has 132 valence electrons. The minimum Gasteiger partial charge on any atom is -0.319 e. The van der Waals surface area contributed by atoms with Crippen molar-refractivity contribution in [2.75, 3.05) is 0 Å². The summed E-state index contributed by atoms with van der Waals surface area (Å²) in [6.45, 7) is 1.90. The van der Waals surface area contributed by atoms with Gasteiger partial charge in [0, 0.05) is 15.8 Å². The highest BCUT2D eigenvalue weighted by atomic mass is 79.9. The molecule has 1 N–H and O–H groups in total. The van der Waals surface area contributed by atoms with Gasteiger partial charge in [0.05, 0.1) is 16.0 Å². The maximum atomic E-state index is 12.9. The Bertz CT molecular complexity index is 985. The fraction of sp³-hybridized carbons (Fsp3) is 0.167. The zero-order valence-electron chi connectivity index (χ0n) is 13.7. The van der Waals surface area contributed by atoms with E-state index in [0.717, 1.165) is 19.2 Å². The van der Waals surface area contributed by atoms with E-state index >= 15 is 0 Å². The molecule has 5 nitrogen and oxygen atoms in total. The van der Waals surface area contributed by atoms with Crippen LogP contribution in [0, 0.1) is 0 Å². The van der Waals surface area contributed by atoms with Crippen LogP contribution in [0.4, 0.5) is 4.79 Å². The van der Waals surface area contributed by atoms with Crippen LogP contribution in [-0.2, 0) is 16.9 Å². The first-order chi connectivity index (χ1) is 12.5. The van der Waals surface area contributed by atoms with Crippen LogP contribution in [0.15, 0.2) is 51.6 Å². The van der Waals surface area contributed by atoms with Crippen LogP contribution in [0.3, 0.4) is 0 Å². The summed E-state index contributed by atoms with van der Waals surface area (Å²) in [6, 6.07) is 13.2. The van der Waals surface area contributed by atoms with E-state index in [2.05, 4.69) is 26.2 Å². The number of halogens is 1. The van der Waals surface area contributed by atoms with Crippen LogP contribution in [0.1, 0.15) is 17.5 Å². The second-order valence-corrected chi connectivity index (χ2v) is 9.38. The average molecular weight is 448 g/mol. The molecule has 0 saturated carbocycles. The Morgan fingerprint density at radius 1 is 1.19 bits per heavy atom. The van der Waals surface area contributed by atoms with Gasteiger partial charge in [-0.25, -0.2) is 9.78 Å². The summed E-state index contributed by atoms with van der Waals surface area (Å²) >= 11 is 6.35. The van der Waals surface area contributed by atoms with Gasteiger partial charge in [0.1, 0.15) is 5.01 Å². The standard InChI is InChI=1S/C18H14BrN3O2S2/c1-18(13-7-8-14(19)26-13)16(23)22(17(24)21-18)9-12-10-25-15(20-12)11-5-3-2-4-6-11/h2-8,10H,9H2,1H3,(H,21,24). The van der Waals surface area contributed by atoms with Gasteiger partial charge in [0.25, 0.3) is 5.91 Å². The van der Waals surface area contributed by atoms with Crippen molar-refractivity contribution < 1.29 is 9.59 Å². The van der Waals surface area contributed by atoms with E-state index in [0.29, 0.717) is 5.69 Å². The molecule has 8 heteroatoms. The second kappa shape index (κ2) is 6.61. The predicted octanol–water partition coefficient (Wildman–Crippen LogP) is 4.60. The van der Waals surface area contributed by atoms with Crippen LogP contribution < -0.4 is 5.32 Å². The smallest absolute Gasteiger partial charge is 0.319 e. The molecule has 3 aromatic rings. The molecule has 3 heterocycles. The van der Waals surface area contributed by atoms with E-state index in [1.165, 1.54) is 27.6 Å². The zero-order valence-corrected chi connectivity index (χ0v) is 17.0. The third kappa shape index (κ3) is 2.98. The van der Waals surface area contributed by atoms with E-state index in [4.69, 9.17) is 0 Å². The van der Waals surface area contributed by atoms with Gasteiger partial charge in [-0.15, -0.1) is 22.7 Å². The average Bonchev–Trinajstić information content (AvgIpc) is 3.33. The number of benzene rings is 1. The number of hydrogen-bond donors (Lipinski definition) is 1. The molecule has 1 unspecified atom stereocenters. The third-order valence-corrected chi connectivity index (χ3v) is 7.02. The molecule has 1 atom stereocenters. The number of rotatable bonds is 4. The summed E-state index contributed by atoms with van der Waals surface area (Å²) < 4.78 is 0.918. The third-order valence-electron chi connectivity index (χ3n) is 4.23. The summed E-state index contributed by atoms with van der Waals surface area (Å²) in [6.07, 6.45) is 0. The summed E-state index contributed by atoms with van der Waals surface area (Å²) in [5.41, 5.74) is 0.690. The molecule has 3 amide bonds. The molecule has 1 saturated heterocycles. The summed E-state index contributed by atoms with van der Waals surface area (Å²) in [4.78, 5) is 32.0. The molecular weight excluding hydrogens is 434 g/mol. The molecule has 0 aliphatic carbocycles. The summed E-state index contributed by atoms with van der Waals surface area (Å²) in [7, 11) is 0. The van der Waals surface area contributed by atoms with Crippen LogP contribution in [0.2, 0.25) is 0 Å². The van der Waals surface area contributed by atoms with Gasteiger partial charge >= 0.3 is 6.03 Å². The minimum atomic E-state index is -1.04. The van der Waals surface area contributed by atoms with Gasteiger partial charge in [0.2, 0.25) is 0 Å². The number of carbonyl (C=O) groups is 2. The van der Waals surface area contributed by atoms with E-state index in [1.807, 2.05) is 47.8 Å². The van der Waals surface area contributed by atoms with Crippen LogP contribution in [0.5, 0.6) is 0 Å². The molecule has 2 aromatic heterocycles. The molecule has 1 aromatic carbocycles. The molecule has 26 heavy (non-hydrogen) atoms. The molecule has 0 radical (unpaired) electrons. The fourth-order valence-corrected chi connectivity index (χ4v) is 5.14. The van der Waals surface area contributed by atoms with Gasteiger partial charge in [-0.1, -0.05) is 30.3 Å². The van der Waals surface area contributed by atoms with Crippen molar-refractivity contribution >= 4 is 50.5 Å². The lowest BCUT2D eigenvalue weighted by molar-refractivity contribution is -0.131. The Balaban J connectivity index is 1.57. The Labute approximate surface area is 166 Å². The molecule has 1 aliphatic heterocycles. The molecule has 4 rings (SSSR count). The number of urea groups is 1. The number of amides is 3. The first-order valence-electron chi connectivity index (χ1n) is 7.87. The number of aromatic nitrogens is 1. The zero-order chi connectivity index (χ0) is 18.3. The van der Waals surface area contributed by atoms with Crippen molar-refractivity contribution in [2.24, 2.45) is 0 Å². The Morgan fingerprint density at radius 2 is 1.96 bits per heavy atom. The van der Waals surface area contributed by atoms with Crippen molar-refractivity contribution in [3.8, 4) is 10.6 Å². The largest absolute Gasteiger partial charge is 0.325 e. The number of nitrogens with one attached hydrogen (secondary N) is 1. The van der Waals surface area contributed by atoms with Gasteiger partial charge in [-0.3, -0.25) is 9.69 Å². The first kappa shape index (κ1) is 17.4. The predicted molar refractivity (Wildman–Crippen MR) is 106 cm³/mol. The van der Waals surface area contributed by atoms with Crippen LogP contribution in [-0.4, -0.2) is 21.8 Å². The van der Waals surface area contributed by atoms with Gasteiger partial charge in [-0.05, 0) is 35.0 Å². The van der Waals surface area contributed by atoms with E-state index in [1.54, 1.807) is 6.92 Å². The SMILES string of the molecule is CC1(c2ccc(Br)s2)NC(=O)N(Cc2csc(-c3ccccc3)n2)C1=O. The van der Waals surface area contributed by atoms with Gasteiger partial charge in [0.15, 0.2) is 5.54 Å². The summed E-state index contributed by atoms with van der Waals surface area (Å²) in [5.74, 6) is -0.258. The minimum absolute atomic E-state index is 0.163. The van der Waals surface area contributed by atoms with Gasteiger partial charge < -0.3 is 5.32 Å². The highest BCUT2D eigenvalue weighted by molar-refractivity contribution is 9.11. The lowest BCUT2D eigenvalue weighted by atomic mass is 10.0. The maximum absolute atomic E-state index is 12.9. The number of thiophene rings is 1. The van der Waals surface area contributed by atoms with Crippen molar-refractivity contribution in [1.29, 1.82) is 0 Å². The van der Waals surface area contributed by atoms with Gasteiger partial charge in [-0.2, -0.15) is 0 Å². The number of nitrogens with zero attached hydrogens (tertiary/aromatic N) is 2. The Morgan fingerprint density at radius 3 is 2.65 bits per heavy atom. The Hall–Kier alpha value is -2.03. The van der Waals surface area contributed by atoms with Crippen LogP contribution in [0.25, 0.3) is 10.6 Å². The van der Waals surface area contributed by atoms with E-state index in [9.17, 15) is 9.59 Å². The molecule has 1 fully saturated rings. The number of imide groups is 1. The lowest BCUT2D eigenvalue weighted by Gasteiger charge is -2.19. The lowest BCUT2D eigenvalue weighted by Crippen LogP contribution is -2.40. The summed E-state index contributed by atoms with van der Waals surface area (Å²) in [5, 5.41) is 5.58. The molecule has 1 aliphatic rings. The topological polar surface area (TPSA) is 62.3 Å². The number of thiazole rings is 1. The van der Waals surface area contributed by atoms with Crippen molar-refractivity contribution in [2.45, 2.75) is 19.0 Å². The second-order valence-electron chi connectivity index (χ2n) is 6.06. The molecular formula is C18H14BrN3O2S2. The van der Waals surface area contributed by atoms with E-state index < -0.39 is 11.6 Å². The van der Waals surface area contributed by atoms with Crippen molar-refractivity contribution in [1.82, 2.24) is 15.2 Å². The monoisotopic (exact) mass is 447 g/mol. The number of carbonyl (C=O) groups excluding carboxylic acids is 2. The molecule has 0 bridgehead atoms. The van der Waals surface area contributed by atoms with Crippen molar-refractivity contribution in [3.05, 3.63) is 62.2 Å². The van der Waals surface area contributed by atoms with Crippen LogP contribution >= 0.6 is 38.6 Å². The fourth-order valence-electron chi connectivity index (χ4n) is 2.85. The maximum Gasteiger partial charge on any atom is 0.325 e. The highest BCUT2D eigenvalue weighted by Gasteiger charge is 2.49. The highest BCUT2D eigenvalue weighted by Crippen LogP contribution is 2.36. The molecule has 0 spiro atoms. The Kier molecular flexibility index (Phi) is 4.42. The van der Waals surface area contributed by atoms with E-state index in [-0.39, 0.29) is 12.5 Å². The number of hydrogen-bond acceptors (Lipinski definition) is 5. The first-order valence-corrected chi connectivity index (χ1v) is 10.4. The quantitative estimate of drug-likeness (QED) is 0.594.